The van der Waals surface area contributed by atoms with Gasteiger partial charge in [0.15, 0.2) is 5.69 Å². The number of H-pyrrole nitrogens is 1. The second kappa shape index (κ2) is 7.69. The molecule has 2 aromatic heterocycles. The first-order valence-electron chi connectivity index (χ1n) is 9.82. The monoisotopic (exact) mass is 366 g/mol. The molecule has 0 radical (unpaired) electrons. The molecule has 1 fully saturated rings. The van der Waals surface area contributed by atoms with Crippen LogP contribution in [0.1, 0.15) is 66.6 Å². The third-order valence-corrected chi connectivity index (χ3v) is 5.60. The lowest BCUT2D eigenvalue weighted by atomic mass is 9.83. The number of benzene rings is 1. The van der Waals surface area contributed by atoms with Gasteiger partial charge in [0.1, 0.15) is 0 Å². The van der Waals surface area contributed by atoms with Crippen LogP contribution in [0.25, 0.3) is 21.8 Å². The second-order valence-corrected chi connectivity index (χ2v) is 7.29. The number of pyridine rings is 1. The number of aromatic nitrogens is 2. The van der Waals surface area contributed by atoms with Gasteiger partial charge in [0, 0.05) is 29.0 Å². The fraction of sp³-hybridized carbons (Fsp3) is 0.455. The fourth-order valence-corrected chi connectivity index (χ4v) is 4.33. The summed E-state index contributed by atoms with van der Waals surface area (Å²) >= 11 is 0. The smallest absolute Gasteiger partial charge is 0.357 e. The maximum atomic E-state index is 12.4. The summed E-state index contributed by atoms with van der Waals surface area (Å²) in [7, 11) is 1.63. The van der Waals surface area contributed by atoms with Gasteiger partial charge in [-0.25, -0.2) is 9.78 Å². The molecule has 4 rings (SSSR count). The first kappa shape index (κ1) is 18.0. The van der Waals surface area contributed by atoms with E-state index in [1.54, 1.807) is 20.2 Å². The topological polar surface area (TPSA) is 64.2 Å². The van der Waals surface area contributed by atoms with E-state index in [0.717, 1.165) is 27.4 Å². The highest BCUT2D eigenvalue weighted by atomic mass is 16.5. The van der Waals surface area contributed by atoms with E-state index in [9.17, 15) is 4.79 Å². The lowest BCUT2D eigenvalue weighted by Gasteiger charge is -2.22. The predicted octanol–water partition coefficient (Wildman–Crippen LogP) is 5.09. The summed E-state index contributed by atoms with van der Waals surface area (Å²) in [5.41, 5.74) is 4.51. The number of methoxy groups -OCH3 is 1. The van der Waals surface area contributed by atoms with Gasteiger partial charge in [-0.2, -0.15) is 0 Å². The first-order chi connectivity index (χ1) is 13.2. The Labute approximate surface area is 159 Å². The SMILES string of the molecule is CCOC(=O)c1ncc2[nH]c3ccc(C4CCCCC4)cc3c2c1COC. The molecule has 0 saturated heterocycles. The van der Waals surface area contributed by atoms with Crippen molar-refractivity contribution in [1.82, 2.24) is 9.97 Å². The van der Waals surface area contributed by atoms with Crippen LogP contribution in [0, 0.1) is 0 Å². The number of carbonyl (C=O) groups excluding carboxylic acids is 1. The molecule has 5 nitrogen and oxygen atoms in total. The Morgan fingerprint density at radius 1 is 1.22 bits per heavy atom. The normalized spacial score (nSPS) is 15.5. The highest BCUT2D eigenvalue weighted by Gasteiger charge is 2.21. The number of fused-ring (bicyclic) bond motifs is 3. The summed E-state index contributed by atoms with van der Waals surface area (Å²) in [5.74, 6) is 0.231. The van der Waals surface area contributed by atoms with Gasteiger partial charge < -0.3 is 14.5 Å². The molecular formula is C22H26N2O3. The molecule has 1 N–H and O–H groups in total. The molecule has 1 saturated carbocycles. The van der Waals surface area contributed by atoms with Crippen LogP contribution in [-0.4, -0.2) is 29.7 Å². The van der Waals surface area contributed by atoms with Gasteiger partial charge in [0.2, 0.25) is 0 Å². The van der Waals surface area contributed by atoms with Crippen molar-refractivity contribution in [3.8, 4) is 0 Å². The number of aromatic amines is 1. The number of ether oxygens (including phenoxy) is 2. The third-order valence-electron chi connectivity index (χ3n) is 5.60. The zero-order chi connectivity index (χ0) is 18.8. The lowest BCUT2D eigenvalue weighted by Crippen LogP contribution is -2.11. The van der Waals surface area contributed by atoms with E-state index in [1.807, 2.05) is 0 Å². The third kappa shape index (κ3) is 3.32. The number of hydrogen-bond acceptors (Lipinski definition) is 4. The molecule has 0 atom stereocenters. The maximum absolute atomic E-state index is 12.4. The van der Waals surface area contributed by atoms with Gasteiger partial charge in [-0.1, -0.05) is 25.3 Å². The van der Waals surface area contributed by atoms with Crippen molar-refractivity contribution in [1.29, 1.82) is 0 Å². The predicted molar refractivity (Wildman–Crippen MR) is 106 cm³/mol. The number of esters is 1. The van der Waals surface area contributed by atoms with Crippen LogP contribution in [-0.2, 0) is 16.1 Å². The molecule has 0 amide bonds. The summed E-state index contributed by atoms with van der Waals surface area (Å²) in [6.07, 6.45) is 8.20. The van der Waals surface area contributed by atoms with E-state index < -0.39 is 5.97 Å². The average Bonchev–Trinajstić information content (AvgIpc) is 3.07. The molecule has 142 valence electrons. The van der Waals surface area contributed by atoms with Crippen LogP contribution in [0.2, 0.25) is 0 Å². The minimum Gasteiger partial charge on any atom is -0.461 e. The Morgan fingerprint density at radius 2 is 2.04 bits per heavy atom. The zero-order valence-corrected chi connectivity index (χ0v) is 16.0. The van der Waals surface area contributed by atoms with Crippen LogP contribution >= 0.6 is 0 Å². The molecule has 3 aromatic rings. The summed E-state index contributed by atoms with van der Waals surface area (Å²) in [4.78, 5) is 20.2. The molecule has 0 spiro atoms. The zero-order valence-electron chi connectivity index (χ0n) is 16.0. The second-order valence-electron chi connectivity index (χ2n) is 7.29. The van der Waals surface area contributed by atoms with E-state index in [1.165, 1.54) is 37.7 Å². The van der Waals surface area contributed by atoms with E-state index in [-0.39, 0.29) is 0 Å². The van der Waals surface area contributed by atoms with Crippen molar-refractivity contribution >= 4 is 27.8 Å². The molecule has 1 aromatic carbocycles. The number of nitrogens with zero attached hydrogens (tertiary/aromatic N) is 1. The first-order valence-corrected chi connectivity index (χ1v) is 9.82. The van der Waals surface area contributed by atoms with Gasteiger partial charge in [0.25, 0.3) is 0 Å². The Bertz CT molecular complexity index is 971. The largest absolute Gasteiger partial charge is 0.461 e. The average molecular weight is 366 g/mol. The number of rotatable bonds is 5. The summed E-state index contributed by atoms with van der Waals surface area (Å²) in [6, 6.07) is 6.68. The maximum Gasteiger partial charge on any atom is 0.357 e. The molecule has 0 bridgehead atoms. The molecule has 0 unspecified atom stereocenters. The van der Waals surface area contributed by atoms with Gasteiger partial charge in [-0.15, -0.1) is 0 Å². The summed E-state index contributed by atoms with van der Waals surface area (Å²) in [5, 5.41) is 2.15. The lowest BCUT2D eigenvalue weighted by molar-refractivity contribution is 0.0514. The van der Waals surface area contributed by atoms with Crippen LogP contribution in [0.5, 0.6) is 0 Å². The summed E-state index contributed by atoms with van der Waals surface area (Å²) in [6.45, 7) is 2.44. The Kier molecular flexibility index (Phi) is 5.12. The molecule has 1 aliphatic rings. The van der Waals surface area contributed by atoms with E-state index in [2.05, 4.69) is 28.2 Å². The van der Waals surface area contributed by atoms with Gasteiger partial charge in [0.05, 0.1) is 24.9 Å². The fourth-order valence-electron chi connectivity index (χ4n) is 4.33. The van der Waals surface area contributed by atoms with Crippen molar-refractivity contribution in [3.63, 3.8) is 0 Å². The molecule has 0 aliphatic heterocycles. The van der Waals surface area contributed by atoms with Crippen LogP contribution in [0.3, 0.4) is 0 Å². The minimum atomic E-state index is -0.399. The molecule has 27 heavy (non-hydrogen) atoms. The van der Waals surface area contributed by atoms with Gasteiger partial charge in [-0.3, -0.25) is 0 Å². The molecule has 1 aliphatic carbocycles. The van der Waals surface area contributed by atoms with E-state index in [4.69, 9.17) is 9.47 Å². The number of nitrogens with one attached hydrogen (secondary N) is 1. The number of carbonyl (C=O) groups is 1. The summed E-state index contributed by atoms with van der Waals surface area (Å²) < 4.78 is 10.6. The quantitative estimate of drug-likeness (QED) is 0.639. The Balaban J connectivity index is 1.90. The standard InChI is InChI=1S/C22H26N2O3/c1-3-27-22(25)21-17(13-26-2)20-16-11-15(14-7-5-4-6-8-14)9-10-18(16)24-19(20)12-23-21/h9-12,14,24H,3-8,13H2,1-2H3. The Morgan fingerprint density at radius 3 is 2.78 bits per heavy atom. The van der Waals surface area contributed by atoms with Crippen molar-refractivity contribution < 1.29 is 14.3 Å². The van der Waals surface area contributed by atoms with Crippen molar-refractivity contribution in [3.05, 3.63) is 41.2 Å². The van der Waals surface area contributed by atoms with Crippen molar-refractivity contribution in [2.75, 3.05) is 13.7 Å². The van der Waals surface area contributed by atoms with E-state index in [0.29, 0.717) is 24.8 Å². The minimum absolute atomic E-state index is 0.319. The van der Waals surface area contributed by atoms with Gasteiger partial charge in [-0.05, 0) is 43.4 Å². The molecule has 5 heteroatoms. The number of hydrogen-bond donors (Lipinski definition) is 1. The van der Waals surface area contributed by atoms with Crippen LogP contribution < -0.4 is 0 Å². The molecule has 2 heterocycles. The highest BCUT2D eigenvalue weighted by Crippen LogP contribution is 2.37. The van der Waals surface area contributed by atoms with Crippen LogP contribution in [0.4, 0.5) is 0 Å². The van der Waals surface area contributed by atoms with E-state index >= 15 is 0 Å². The molecular weight excluding hydrogens is 340 g/mol. The van der Waals surface area contributed by atoms with Gasteiger partial charge >= 0.3 is 5.97 Å². The van der Waals surface area contributed by atoms with Crippen molar-refractivity contribution in [2.45, 2.75) is 51.6 Å². The Hall–Kier alpha value is -2.40. The van der Waals surface area contributed by atoms with Crippen molar-refractivity contribution in [2.24, 2.45) is 0 Å². The van der Waals surface area contributed by atoms with Crippen LogP contribution in [0.15, 0.2) is 24.4 Å². The highest BCUT2D eigenvalue weighted by molar-refractivity contribution is 6.11.